The van der Waals surface area contributed by atoms with Crippen LogP contribution in [0.2, 0.25) is 0 Å². The molecule has 4 aromatic rings. The van der Waals surface area contributed by atoms with Crippen molar-refractivity contribution in [3.63, 3.8) is 0 Å². The molecule has 0 atom stereocenters. The molecule has 0 unspecified atom stereocenters. The van der Waals surface area contributed by atoms with Crippen LogP contribution in [0.25, 0.3) is 21.0 Å². The highest BCUT2D eigenvalue weighted by atomic mass is 32.1. The number of rotatable bonds is 0. The predicted octanol–water partition coefficient (Wildman–Crippen LogP) is 5.75. The zero-order valence-electron chi connectivity index (χ0n) is 12.2. The van der Waals surface area contributed by atoms with Crippen LogP contribution < -0.4 is 0 Å². The molecule has 1 aromatic heterocycles. The molecule has 0 aliphatic heterocycles. The van der Waals surface area contributed by atoms with Crippen molar-refractivity contribution in [1.29, 1.82) is 0 Å². The molecule has 21 heavy (non-hydrogen) atoms. The number of para-hydroxylation sites is 1. The van der Waals surface area contributed by atoms with Gasteiger partial charge in [0.2, 0.25) is 0 Å². The van der Waals surface area contributed by atoms with E-state index in [1.54, 1.807) is 11.3 Å². The lowest BCUT2D eigenvalue weighted by molar-refractivity contribution is 1.35. The average Bonchev–Trinajstić information content (AvgIpc) is 2.88. The molecule has 2 heteroatoms. The fourth-order valence-electron chi connectivity index (χ4n) is 2.30. The summed E-state index contributed by atoms with van der Waals surface area (Å²) in [4.78, 5) is 4.33. The van der Waals surface area contributed by atoms with Crippen LogP contribution in [0, 0.1) is 13.8 Å². The van der Waals surface area contributed by atoms with E-state index in [0.29, 0.717) is 0 Å². The Morgan fingerprint density at radius 1 is 0.762 bits per heavy atom. The molecule has 0 fully saturated rings. The normalized spacial score (nSPS) is 10.4. The van der Waals surface area contributed by atoms with E-state index in [2.05, 4.69) is 60.4 Å². The van der Waals surface area contributed by atoms with Crippen LogP contribution in [0.5, 0.6) is 0 Å². The lowest BCUT2D eigenvalue weighted by Gasteiger charge is -1.96. The Kier molecular flexibility index (Phi) is 3.98. The Morgan fingerprint density at radius 2 is 1.48 bits per heavy atom. The standard InChI is InChI=1S/C11H10.C8H7NS/c1-9-6-7-10-4-2-3-5-11(10)8-9;1-6-9-7-4-2-3-5-8(7)10-6/h2-8H,1H3;2-5H,1H3. The van der Waals surface area contributed by atoms with Crippen LogP contribution in [0.3, 0.4) is 0 Å². The van der Waals surface area contributed by atoms with Gasteiger partial charge in [0.25, 0.3) is 0 Å². The summed E-state index contributed by atoms with van der Waals surface area (Å²) in [5, 5.41) is 3.78. The van der Waals surface area contributed by atoms with E-state index in [-0.39, 0.29) is 0 Å². The Morgan fingerprint density at radius 3 is 2.29 bits per heavy atom. The van der Waals surface area contributed by atoms with E-state index in [0.717, 1.165) is 10.5 Å². The number of thiazole rings is 1. The van der Waals surface area contributed by atoms with E-state index in [1.807, 2.05) is 25.1 Å². The minimum absolute atomic E-state index is 1.12. The number of hydrogen-bond acceptors (Lipinski definition) is 2. The summed E-state index contributed by atoms with van der Waals surface area (Å²) in [5.41, 5.74) is 2.44. The number of nitrogens with zero attached hydrogens (tertiary/aromatic N) is 1. The molecule has 104 valence electrons. The molecule has 0 saturated carbocycles. The Balaban J connectivity index is 0.000000126. The molecule has 0 aliphatic carbocycles. The third-order valence-electron chi connectivity index (χ3n) is 3.31. The summed E-state index contributed by atoms with van der Waals surface area (Å²) in [6.07, 6.45) is 0. The van der Waals surface area contributed by atoms with E-state index >= 15 is 0 Å². The fraction of sp³-hybridized carbons (Fsp3) is 0.105. The maximum Gasteiger partial charge on any atom is 0.0907 e. The van der Waals surface area contributed by atoms with Gasteiger partial charge in [0.05, 0.1) is 15.2 Å². The lowest BCUT2D eigenvalue weighted by Crippen LogP contribution is -1.73. The molecular formula is C19H17NS. The van der Waals surface area contributed by atoms with E-state index in [1.165, 1.54) is 21.0 Å². The van der Waals surface area contributed by atoms with Gasteiger partial charge in [-0.3, -0.25) is 0 Å². The zero-order valence-corrected chi connectivity index (χ0v) is 13.0. The van der Waals surface area contributed by atoms with Crippen LogP contribution in [0.1, 0.15) is 10.6 Å². The number of fused-ring (bicyclic) bond motifs is 2. The van der Waals surface area contributed by atoms with Crippen molar-refractivity contribution < 1.29 is 0 Å². The fourth-order valence-corrected chi connectivity index (χ4v) is 3.12. The summed E-state index contributed by atoms with van der Waals surface area (Å²) in [6, 6.07) is 23.1. The molecule has 4 rings (SSSR count). The molecule has 0 saturated heterocycles. The molecule has 0 bridgehead atoms. The van der Waals surface area contributed by atoms with Gasteiger partial charge in [0, 0.05) is 0 Å². The largest absolute Gasteiger partial charge is 0.242 e. The van der Waals surface area contributed by atoms with Gasteiger partial charge in [-0.2, -0.15) is 0 Å². The summed E-state index contributed by atoms with van der Waals surface area (Å²) in [7, 11) is 0. The van der Waals surface area contributed by atoms with Gasteiger partial charge in [-0.25, -0.2) is 4.98 Å². The lowest BCUT2D eigenvalue weighted by atomic mass is 10.1. The van der Waals surface area contributed by atoms with Gasteiger partial charge >= 0.3 is 0 Å². The minimum Gasteiger partial charge on any atom is -0.242 e. The van der Waals surface area contributed by atoms with E-state index in [9.17, 15) is 0 Å². The second-order valence-electron chi connectivity index (χ2n) is 5.05. The topological polar surface area (TPSA) is 12.9 Å². The quantitative estimate of drug-likeness (QED) is 0.402. The maximum absolute atomic E-state index is 4.33. The first kappa shape index (κ1) is 13.8. The van der Waals surface area contributed by atoms with Crippen molar-refractivity contribution in [2.45, 2.75) is 13.8 Å². The first-order valence-corrected chi connectivity index (χ1v) is 7.81. The van der Waals surface area contributed by atoms with Crippen LogP contribution in [-0.2, 0) is 0 Å². The number of benzene rings is 3. The van der Waals surface area contributed by atoms with Crippen molar-refractivity contribution in [2.75, 3.05) is 0 Å². The van der Waals surface area contributed by atoms with Crippen LogP contribution in [-0.4, -0.2) is 4.98 Å². The predicted molar refractivity (Wildman–Crippen MR) is 93.0 cm³/mol. The summed E-state index contributed by atoms with van der Waals surface area (Å²) >= 11 is 1.74. The number of aryl methyl sites for hydroxylation is 2. The number of hydrogen-bond donors (Lipinski definition) is 0. The highest BCUT2D eigenvalue weighted by Crippen LogP contribution is 2.20. The van der Waals surface area contributed by atoms with E-state index < -0.39 is 0 Å². The molecule has 0 radical (unpaired) electrons. The molecule has 0 N–H and O–H groups in total. The van der Waals surface area contributed by atoms with Gasteiger partial charge in [-0.1, -0.05) is 60.2 Å². The van der Waals surface area contributed by atoms with E-state index in [4.69, 9.17) is 0 Å². The Bertz CT molecular complexity index is 844. The third kappa shape index (κ3) is 3.29. The van der Waals surface area contributed by atoms with Crippen molar-refractivity contribution >= 4 is 32.3 Å². The maximum atomic E-state index is 4.33. The first-order chi connectivity index (χ1) is 10.2. The van der Waals surface area contributed by atoms with Crippen molar-refractivity contribution in [1.82, 2.24) is 4.98 Å². The smallest absolute Gasteiger partial charge is 0.0907 e. The second kappa shape index (κ2) is 6.06. The first-order valence-electron chi connectivity index (χ1n) is 7.00. The number of aromatic nitrogens is 1. The molecule has 0 amide bonds. The van der Waals surface area contributed by atoms with Crippen molar-refractivity contribution in [3.8, 4) is 0 Å². The van der Waals surface area contributed by atoms with Crippen LogP contribution in [0.4, 0.5) is 0 Å². The SMILES string of the molecule is Cc1ccc2ccccc2c1.Cc1nc2ccccc2s1. The van der Waals surface area contributed by atoms with Crippen LogP contribution in [0.15, 0.2) is 66.7 Å². The van der Waals surface area contributed by atoms with Gasteiger partial charge in [0.1, 0.15) is 0 Å². The molecule has 0 spiro atoms. The molecular weight excluding hydrogens is 274 g/mol. The van der Waals surface area contributed by atoms with Crippen LogP contribution >= 0.6 is 11.3 Å². The molecule has 0 aliphatic rings. The van der Waals surface area contributed by atoms with Gasteiger partial charge in [0.15, 0.2) is 0 Å². The van der Waals surface area contributed by atoms with Crippen molar-refractivity contribution in [2.24, 2.45) is 0 Å². The Hall–Kier alpha value is -2.19. The molecule has 1 heterocycles. The third-order valence-corrected chi connectivity index (χ3v) is 4.26. The molecule has 1 nitrogen and oxygen atoms in total. The summed E-state index contributed by atoms with van der Waals surface area (Å²) < 4.78 is 1.28. The summed E-state index contributed by atoms with van der Waals surface area (Å²) in [5.74, 6) is 0. The highest BCUT2D eigenvalue weighted by molar-refractivity contribution is 7.18. The van der Waals surface area contributed by atoms with Crippen molar-refractivity contribution in [3.05, 3.63) is 77.3 Å². The Labute approximate surface area is 128 Å². The minimum atomic E-state index is 1.12. The summed E-state index contributed by atoms with van der Waals surface area (Å²) in [6.45, 7) is 4.15. The monoisotopic (exact) mass is 291 g/mol. The second-order valence-corrected chi connectivity index (χ2v) is 6.29. The van der Waals surface area contributed by atoms with Gasteiger partial charge in [-0.05, 0) is 36.8 Å². The zero-order chi connectivity index (χ0) is 14.7. The molecule has 3 aromatic carbocycles. The van der Waals surface area contributed by atoms with Gasteiger partial charge < -0.3 is 0 Å². The van der Waals surface area contributed by atoms with Gasteiger partial charge in [-0.15, -0.1) is 11.3 Å². The highest BCUT2D eigenvalue weighted by Gasteiger charge is 1.95. The average molecular weight is 291 g/mol.